The smallest absolute Gasteiger partial charge is 0.257 e. The van der Waals surface area contributed by atoms with Crippen molar-refractivity contribution in [1.82, 2.24) is 4.98 Å². The molecule has 0 unspecified atom stereocenters. The average molecular weight is 291 g/mol. The van der Waals surface area contributed by atoms with Crippen LogP contribution in [0.15, 0.2) is 29.6 Å². The van der Waals surface area contributed by atoms with Crippen molar-refractivity contribution in [3.63, 3.8) is 0 Å². The molecule has 3 N–H and O–H groups in total. The predicted octanol–water partition coefficient (Wildman–Crippen LogP) is 2.53. The number of nitrogens with zero attached hydrogens (tertiary/aromatic N) is 1. The number of thiocarbonyl (C=S) groups is 1. The van der Waals surface area contributed by atoms with Gasteiger partial charge >= 0.3 is 0 Å². The highest BCUT2D eigenvalue weighted by atomic mass is 32.1. The van der Waals surface area contributed by atoms with E-state index >= 15 is 0 Å². The van der Waals surface area contributed by atoms with Gasteiger partial charge in [-0.05, 0) is 18.6 Å². The maximum Gasteiger partial charge on any atom is 0.257 e. The number of amides is 1. The van der Waals surface area contributed by atoms with Crippen LogP contribution in [0.25, 0.3) is 0 Å². The third-order valence-electron chi connectivity index (χ3n) is 2.47. The number of hydrogen-bond acceptors (Lipinski definition) is 4. The minimum Gasteiger partial charge on any atom is -0.393 e. The van der Waals surface area contributed by atoms with Gasteiger partial charge in [-0.25, -0.2) is 4.98 Å². The number of thiazole rings is 1. The number of carbonyl (C=O) groups is 1. The molecule has 0 aliphatic carbocycles. The van der Waals surface area contributed by atoms with E-state index in [1.807, 2.05) is 30.5 Å². The molecule has 0 fully saturated rings. The first-order valence-electron chi connectivity index (χ1n) is 5.66. The van der Waals surface area contributed by atoms with Crippen LogP contribution < -0.4 is 11.1 Å². The van der Waals surface area contributed by atoms with Gasteiger partial charge in [-0.3, -0.25) is 10.1 Å². The summed E-state index contributed by atoms with van der Waals surface area (Å²) in [5, 5.41) is 5.25. The molecule has 19 heavy (non-hydrogen) atoms. The van der Waals surface area contributed by atoms with E-state index in [-0.39, 0.29) is 5.91 Å². The van der Waals surface area contributed by atoms with E-state index in [1.54, 1.807) is 6.07 Å². The summed E-state index contributed by atoms with van der Waals surface area (Å²) in [4.78, 5) is 16.8. The number of benzene rings is 1. The highest BCUT2D eigenvalue weighted by Gasteiger charge is 2.12. The van der Waals surface area contributed by atoms with Crippen LogP contribution in [0.5, 0.6) is 0 Å². The zero-order valence-electron chi connectivity index (χ0n) is 10.3. The number of hydrogen-bond donors (Lipinski definition) is 2. The van der Waals surface area contributed by atoms with E-state index in [1.165, 1.54) is 11.3 Å². The highest BCUT2D eigenvalue weighted by molar-refractivity contribution is 7.80. The monoisotopic (exact) mass is 291 g/mol. The normalized spacial score (nSPS) is 10.2. The van der Waals surface area contributed by atoms with Crippen LogP contribution in [-0.2, 0) is 6.42 Å². The molecule has 98 valence electrons. The molecule has 6 heteroatoms. The Morgan fingerprint density at radius 2 is 2.21 bits per heavy atom. The molecule has 4 nitrogen and oxygen atoms in total. The zero-order valence-corrected chi connectivity index (χ0v) is 12.0. The van der Waals surface area contributed by atoms with Gasteiger partial charge in [0.2, 0.25) is 0 Å². The van der Waals surface area contributed by atoms with Crippen LogP contribution in [0.4, 0.5) is 5.13 Å². The molecular weight excluding hydrogens is 278 g/mol. The van der Waals surface area contributed by atoms with E-state index in [0.29, 0.717) is 22.1 Å². The SMILES string of the molecule is Cc1csc(NC(=O)c2ccccc2CC(N)=S)n1. The maximum absolute atomic E-state index is 12.2. The second kappa shape index (κ2) is 5.90. The Hall–Kier alpha value is -1.79. The summed E-state index contributed by atoms with van der Waals surface area (Å²) in [6, 6.07) is 7.27. The minimum absolute atomic E-state index is 0.193. The van der Waals surface area contributed by atoms with E-state index in [4.69, 9.17) is 18.0 Å². The van der Waals surface area contributed by atoms with Gasteiger partial charge in [0.1, 0.15) is 0 Å². The molecule has 0 radical (unpaired) electrons. The van der Waals surface area contributed by atoms with Crippen molar-refractivity contribution in [2.75, 3.05) is 5.32 Å². The molecule has 0 bridgehead atoms. The largest absolute Gasteiger partial charge is 0.393 e. The van der Waals surface area contributed by atoms with Gasteiger partial charge in [-0.2, -0.15) is 0 Å². The van der Waals surface area contributed by atoms with Crippen LogP contribution >= 0.6 is 23.6 Å². The Bertz CT molecular complexity index is 622. The molecule has 2 aromatic rings. The number of anilines is 1. The lowest BCUT2D eigenvalue weighted by molar-refractivity contribution is 0.102. The van der Waals surface area contributed by atoms with Crippen LogP contribution in [0.1, 0.15) is 21.6 Å². The van der Waals surface area contributed by atoms with Gasteiger partial charge in [0.15, 0.2) is 5.13 Å². The van der Waals surface area contributed by atoms with Crippen LogP contribution in [0.3, 0.4) is 0 Å². The highest BCUT2D eigenvalue weighted by Crippen LogP contribution is 2.17. The fraction of sp³-hybridized carbons (Fsp3) is 0.154. The van der Waals surface area contributed by atoms with Gasteiger partial charge < -0.3 is 5.73 Å². The van der Waals surface area contributed by atoms with Crippen LogP contribution in [0.2, 0.25) is 0 Å². The second-order valence-corrected chi connectivity index (χ2v) is 5.43. The molecule has 0 saturated heterocycles. The molecule has 2 rings (SSSR count). The lowest BCUT2D eigenvalue weighted by atomic mass is 10.0. The number of rotatable bonds is 4. The summed E-state index contributed by atoms with van der Waals surface area (Å²) >= 11 is 6.29. The molecule has 1 aromatic carbocycles. The van der Waals surface area contributed by atoms with Crippen molar-refractivity contribution in [2.24, 2.45) is 5.73 Å². The van der Waals surface area contributed by atoms with E-state index in [2.05, 4.69) is 10.3 Å². The lowest BCUT2D eigenvalue weighted by Crippen LogP contribution is -2.18. The maximum atomic E-state index is 12.2. The number of carbonyl (C=O) groups excluding carboxylic acids is 1. The molecular formula is C13H13N3OS2. The predicted molar refractivity (Wildman–Crippen MR) is 81.7 cm³/mol. The van der Waals surface area contributed by atoms with Crippen molar-refractivity contribution in [1.29, 1.82) is 0 Å². The molecule has 0 aliphatic rings. The summed E-state index contributed by atoms with van der Waals surface area (Å²) in [5.74, 6) is -0.193. The average Bonchev–Trinajstić information content (AvgIpc) is 2.74. The quantitative estimate of drug-likeness (QED) is 0.849. The Morgan fingerprint density at radius 1 is 1.47 bits per heavy atom. The standard InChI is InChI=1S/C13H13N3OS2/c1-8-7-19-13(15-8)16-12(17)10-5-3-2-4-9(10)6-11(14)18/h2-5,7H,6H2,1H3,(H2,14,18)(H,15,16,17). The Kier molecular flexibility index (Phi) is 4.24. The summed E-state index contributed by atoms with van der Waals surface area (Å²) in [6.45, 7) is 1.88. The number of aryl methyl sites for hydroxylation is 1. The third kappa shape index (κ3) is 3.59. The van der Waals surface area contributed by atoms with Crippen molar-refractivity contribution in [3.8, 4) is 0 Å². The third-order valence-corrected chi connectivity index (χ3v) is 3.49. The molecule has 0 saturated carbocycles. The van der Waals surface area contributed by atoms with E-state index < -0.39 is 0 Å². The van der Waals surface area contributed by atoms with Crippen molar-refractivity contribution in [3.05, 3.63) is 46.5 Å². The van der Waals surface area contributed by atoms with E-state index in [9.17, 15) is 4.79 Å². The topological polar surface area (TPSA) is 68.0 Å². The van der Waals surface area contributed by atoms with Crippen molar-refractivity contribution in [2.45, 2.75) is 13.3 Å². The Balaban J connectivity index is 2.21. The molecule has 1 heterocycles. The lowest BCUT2D eigenvalue weighted by Gasteiger charge is -2.07. The molecule has 0 aliphatic heterocycles. The molecule has 0 atom stereocenters. The minimum atomic E-state index is -0.193. The molecule has 1 amide bonds. The summed E-state index contributed by atoms with van der Waals surface area (Å²) < 4.78 is 0. The summed E-state index contributed by atoms with van der Waals surface area (Å²) in [6.07, 6.45) is 0.413. The first-order valence-corrected chi connectivity index (χ1v) is 6.94. The van der Waals surface area contributed by atoms with Crippen molar-refractivity contribution < 1.29 is 4.79 Å². The van der Waals surface area contributed by atoms with Crippen molar-refractivity contribution >= 4 is 39.6 Å². The number of aromatic nitrogens is 1. The number of nitrogens with one attached hydrogen (secondary N) is 1. The first kappa shape index (κ1) is 13.6. The fourth-order valence-corrected chi connectivity index (χ4v) is 2.50. The van der Waals surface area contributed by atoms with Crippen LogP contribution in [0, 0.1) is 6.92 Å². The van der Waals surface area contributed by atoms with Gasteiger partial charge in [0.05, 0.1) is 10.7 Å². The number of nitrogens with two attached hydrogens (primary N) is 1. The zero-order chi connectivity index (χ0) is 13.8. The first-order chi connectivity index (χ1) is 9.06. The molecule has 0 spiro atoms. The Labute approximate surface area is 120 Å². The summed E-state index contributed by atoms with van der Waals surface area (Å²) in [5.41, 5.74) is 7.82. The van der Waals surface area contributed by atoms with Crippen LogP contribution in [-0.4, -0.2) is 15.9 Å². The fourth-order valence-electron chi connectivity index (χ4n) is 1.66. The van der Waals surface area contributed by atoms with Gasteiger partial charge in [-0.1, -0.05) is 30.4 Å². The van der Waals surface area contributed by atoms with Gasteiger partial charge in [-0.15, -0.1) is 11.3 Å². The van der Waals surface area contributed by atoms with E-state index in [0.717, 1.165) is 11.3 Å². The second-order valence-electron chi connectivity index (χ2n) is 4.05. The van der Waals surface area contributed by atoms with Gasteiger partial charge in [0, 0.05) is 17.4 Å². The Morgan fingerprint density at radius 3 is 2.84 bits per heavy atom. The molecule has 1 aromatic heterocycles. The van der Waals surface area contributed by atoms with Gasteiger partial charge in [0.25, 0.3) is 5.91 Å². The summed E-state index contributed by atoms with van der Waals surface area (Å²) in [7, 11) is 0.